The SMILES string of the molecule is Cc1nn(Cc2ccc(F)cc2)c2sc(C(=O)Nc3ccc4c(c3)C(=O)N(C)C4=O)cc12. The van der Waals surface area contributed by atoms with Crippen molar-refractivity contribution in [3.8, 4) is 0 Å². The second-order valence-corrected chi connectivity index (χ2v) is 8.61. The highest BCUT2D eigenvalue weighted by Gasteiger charge is 2.32. The molecule has 160 valence electrons. The van der Waals surface area contributed by atoms with Gasteiger partial charge in [-0.05, 0) is 48.9 Å². The quantitative estimate of drug-likeness (QED) is 0.477. The third-order valence-corrected chi connectivity index (χ3v) is 6.57. The first-order valence-corrected chi connectivity index (χ1v) is 10.6. The second-order valence-electron chi connectivity index (χ2n) is 7.58. The molecule has 7 nitrogen and oxygen atoms in total. The first-order chi connectivity index (χ1) is 15.3. The van der Waals surface area contributed by atoms with Crippen molar-refractivity contribution in [3.63, 3.8) is 0 Å². The van der Waals surface area contributed by atoms with Crippen LogP contribution < -0.4 is 5.32 Å². The molecule has 0 radical (unpaired) electrons. The standard InChI is InChI=1S/C23H17FN4O3S/c1-12-17-10-19(32-23(17)28(26-12)11-13-3-5-14(24)6-4-13)20(29)25-15-7-8-16-18(9-15)22(31)27(2)21(16)30/h3-10H,11H2,1-2H3,(H,25,29). The molecule has 3 amide bonds. The molecule has 0 saturated carbocycles. The Hall–Kier alpha value is -3.85. The molecule has 0 unspecified atom stereocenters. The predicted octanol–water partition coefficient (Wildman–Crippen LogP) is 4.07. The van der Waals surface area contributed by atoms with E-state index < -0.39 is 0 Å². The molecule has 1 N–H and O–H groups in total. The van der Waals surface area contributed by atoms with E-state index in [2.05, 4.69) is 10.4 Å². The van der Waals surface area contributed by atoms with Crippen molar-refractivity contribution in [1.29, 1.82) is 0 Å². The molecule has 32 heavy (non-hydrogen) atoms. The number of carbonyl (C=O) groups excluding carboxylic acids is 3. The Balaban J connectivity index is 1.41. The number of benzene rings is 2. The summed E-state index contributed by atoms with van der Waals surface area (Å²) in [6, 6.07) is 12.7. The van der Waals surface area contributed by atoms with Crippen molar-refractivity contribution in [2.75, 3.05) is 12.4 Å². The van der Waals surface area contributed by atoms with Gasteiger partial charge in [0.15, 0.2) is 0 Å². The average Bonchev–Trinajstić information content (AvgIpc) is 3.40. The van der Waals surface area contributed by atoms with Gasteiger partial charge in [-0.3, -0.25) is 24.0 Å². The first-order valence-electron chi connectivity index (χ1n) is 9.81. The predicted molar refractivity (Wildman–Crippen MR) is 119 cm³/mol. The van der Waals surface area contributed by atoms with Gasteiger partial charge in [0.1, 0.15) is 10.6 Å². The molecule has 0 atom stereocenters. The van der Waals surface area contributed by atoms with E-state index in [1.807, 2.05) is 6.92 Å². The summed E-state index contributed by atoms with van der Waals surface area (Å²) in [6.45, 7) is 2.33. The zero-order valence-corrected chi connectivity index (χ0v) is 18.0. The lowest BCUT2D eigenvalue weighted by Crippen LogP contribution is -2.24. The van der Waals surface area contributed by atoms with Gasteiger partial charge in [-0.1, -0.05) is 12.1 Å². The lowest BCUT2D eigenvalue weighted by Gasteiger charge is -2.05. The minimum absolute atomic E-state index is 0.275. The van der Waals surface area contributed by atoms with Gasteiger partial charge in [0.2, 0.25) is 0 Å². The number of carbonyl (C=O) groups is 3. The van der Waals surface area contributed by atoms with Crippen LogP contribution in [0, 0.1) is 12.7 Å². The Morgan fingerprint density at radius 3 is 2.53 bits per heavy atom. The molecule has 2 aromatic carbocycles. The Labute approximate surface area is 186 Å². The maximum Gasteiger partial charge on any atom is 0.265 e. The van der Waals surface area contributed by atoms with Crippen LogP contribution in [0.3, 0.4) is 0 Å². The molecule has 9 heteroatoms. The summed E-state index contributed by atoms with van der Waals surface area (Å²) in [5.41, 5.74) is 2.73. The Morgan fingerprint density at radius 1 is 1.06 bits per heavy atom. The molecule has 3 heterocycles. The van der Waals surface area contributed by atoms with Crippen molar-refractivity contribution < 1.29 is 18.8 Å². The van der Waals surface area contributed by atoms with Gasteiger partial charge >= 0.3 is 0 Å². The molecule has 4 aromatic rings. The molecule has 1 aliphatic rings. The highest BCUT2D eigenvalue weighted by Crippen LogP contribution is 2.30. The molecular formula is C23H17FN4O3S. The van der Waals surface area contributed by atoms with E-state index in [0.29, 0.717) is 22.7 Å². The summed E-state index contributed by atoms with van der Waals surface area (Å²) < 4.78 is 15.0. The smallest absolute Gasteiger partial charge is 0.265 e. The fourth-order valence-electron chi connectivity index (χ4n) is 3.73. The van der Waals surface area contributed by atoms with E-state index in [9.17, 15) is 18.8 Å². The largest absolute Gasteiger partial charge is 0.321 e. The number of hydrogen-bond donors (Lipinski definition) is 1. The van der Waals surface area contributed by atoms with Crippen LogP contribution in [0.15, 0.2) is 48.5 Å². The lowest BCUT2D eigenvalue weighted by atomic mass is 10.1. The number of aromatic nitrogens is 2. The van der Waals surface area contributed by atoms with Gasteiger partial charge in [0, 0.05) is 18.1 Å². The highest BCUT2D eigenvalue weighted by molar-refractivity contribution is 7.20. The monoisotopic (exact) mass is 448 g/mol. The number of rotatable bonds is 4. The fraction of sp³-hybridized carbons (Fsp3) is 0.130. The van der Waals surface area contributed by atoms with E-state index in [0.717, 1.165) is 26.4 Å². The number of hydrogen-bond acceptors (Lipinski definition) is 5. The van der Waals surface area contributed by atoms with Crippen LogP contribution >= 0.6 is 11.3 Å². The van der Waals surface area contributed by atoms with Crippen molar-refractivity contribution in [2.24, 2.45) is 0 Å². The molecule has 5 rings (SSSR count). The Bertz CT molecular complexity index is 1420. The summed E-state index contributed by atoms with van der Waals surface area (Å²) in [6.07, 6.45) is 0. The Kier molecular flexibility index (Phi) is 4.63. The molecular weight excluding hydrogens is 431 g/mol. The van der Waals surface area contributed by atoms with Gasteiger partial charge in [0.25, 0.3) is 17.7 Å². The molecule has 0 fully saturated rings. The van der Waals surface area contributed by atoms with Gasteiger partial charge in [-0.15, -0.1) is 11.3 Å². The first kappa shape index (κ1) is 20.1. The minimum atomic E-state index is -0.389. The van der Waals surface area contributed by atoms with Crippen LogP contribution in [0.1, 0.15) is 41.6 Å². The van der Waals surface area contributed by atoms with Crippen LogP contribution in [0.4, 0.5) is 10.1 Å². The summed E-state index contributed by atoms with van der Waals surface area (Å²) in [5.74, 6) is -1.35. The molecule has 0 aliphatic carbocycles. The van der Waals surface area contributed by atoms with E-state index >= 15 is 0 Å². The number of anilines is 1. The maximum atomic E-state index is 13.2. The number of amides is 3. The third-order valence-electron chi connectivity index (χ3n) is 5.42. The van der Waals surface area contributed by atoms with Crippen LogP contribution in [0.5, 0.6) is 0 Å². The molecule has 0 spiro atoms. The van der Waals surface area contributed by atoms with Gasteiger partial charge in [-0.25, -0.2) is 4.39 Å². The van der Waals surface area contributed by atoms with Crippen molar-refractivity contribution in [1.82, 2.24) is 14.7 Å². The number of nitrogens with zero attached hydrogens (tertiary/aromatic N) is 3. The van der Waals surface area contributed by atoms with Crippen molar-refractivity contribution >= 4 is 45.0 Å². The normalized spacial score (nSPS) is 13.2. The summed E-state index contributed by atoms with van der Waals surface area (Å²) in [4.78, 5) is 39.5. The van der Waals surface area contributed by atoms with Gasteiger partial charge in [0.05, 0.1) is 28.2 Å². The minimum Gasteiger partial charge on any atom is -0.321 e. The van der Waals surface area contributed by atoms with E-state index in [1.165, 1.54) is 36.6 Å². The van der Waals surface area contributed by atoms with Crippen LogP contribution in [0.2, 0.25) is 0 Å². The lowest BCUT2D eigenvalue weighted by molar-refractivity contribution is 0.0692. The highest BCUT2D eigenvalue weighted by atomic mass is 32.1. The summed E-state index contributed by atoms with van der Waals surface area (Å²) in [7, 11) is 1.43. The van der Waals surface area contributed by atoms with Gasteiger partial charge in [-0.2, -0.15) is 5.10 Å². The summed E-state index contributed by atoms with van der Waals surface area (Å²) in [5, 5.41) is 8.22. The Morgan fingerprint density at radius 2 is 1.78 bits per heavy atom. The van der Waals surface area contributed by atoms with Crippen LogP contribution in [-0.4, -0.2) is 39.4 Å². The zero-order chi connectivity index (χ0) is 22.6. The molecule has 2 aromatic heterocycles. The second kappa shape index (κ2) is 7.38. The zero-order valence-electron chi connectivity index (χ0n) is 17.2. The van der Waals surface area contributed by atoms with Crippen molar-refractivity contribution in [2.45, 2.75) is 13.5 Å². The molecule has 0 bridgehead atoms. The molecule has 1 aliphatic heterocycles. The van der Waals surface area contributed by atoms with Crippen LogP contribution in [0.25, 0.3) is 10.2 Å². The number of thiophene rings is 1. The van der Waals surface area contributed by atoms with E-state index in [1.54, 1.807) is 35.0 Å². The third kappa shape index (κ3) is 3.27. The van der Waals surface area contributed by atoms with E-state index in [-0.39, 0.29) is 29.1 Å². The van der Waals surface area contributed by atoms with Crippen LogP contribution in [-0.2, 0) is 6.54 Å². The topological polar surface area (TPSA) is 84.3 Å². The number of imide groups is 1. The molecule has 0 saturated heterocycles. The van der Waals surface area contributed by atoms with E-state index in [4.69, 9.17) is 0 Å². The summed E-state index contributed by atoms with van der Waals surface area (Å²) >= 11 is 1.31. The number of aryl methyl sites for hydroxylation is 1. The number of halogens is 1. The van der Waals surface area contributed by atoms with Crippen molar-refractivity contribution in [3.05, 3.63) is 81.6 Å². The fourth-order valence-corrected chi connectivity index (χ4v) is 4.78. The number of nitrogens with one attached hydrogen (secondary N) is 1. The average molecular weight is 448 g/mol. The van der Waals surface area contributed by atoms with Gasteiger partial charge < -0.3 is 5.32 Å². The number of fused-ring (bicyclic) bond motifs is 2. The maximum absolute atomic E-state index is 13.2.